The number of carboxylic acid groups (broad SMARTS) is 1. The topological polar surface area (TPSA) is 88.1 Å². The zero-order valence-corrected chi connectivity index (χ0v) is 10.9. The van der Waals surface area contributed by atoms with Crippen LogP contribution < -0.4 is 4.74 Å². The van der Waals surface area contributed by atoms with Crippen molar-refractivity contribution in [1.29, 1.82) is 0 Å². The van der Waals surface area contributed by atoms with Gasteiger partial charge in [-0.05, 0) is 17.7 Å². The number of aromatic nitrogens is 3. The number of pyridine rings is 1. The lowest BCUT2D eigenvalue weighted by atomic mass is 10.1. The number of nitrogens with zero attached hydrogens (tertiary/aromatic N) is 2. The first-order valence-electron chi connectivity index (χ1n) is 6.55. The van der Waals surface area contributed by atoms with Crippen molar-refractivity contribution in [3.8, 4) is 5.75 Å². The van der Waals surface area contributed by atoms with Gasteiger partial charge in [-0.3, -0.25) is 0 Å². The van der Waals surface area contributed by atoms with E-state index < -0.39 is 5.97 Å². The summed E-state index contributed by atoms with van der Waals surface area (Å²) in [7, 11) is 0. The van der Waals surface area contributed by atoms with Crippen molar-refractivity contribution in [2.24, 2.45) is 0 Å². The van der Waals surface area contributed by atoms with E-state index in [0.29, 0.717) is 23.4 Å². The number of hydrogen-bond acceptors (Lipinski definition) is 4. The molecule has 0 spiro atoms. The third kappa shape index (κ3) is 1.84. The van der Waals surface area contributed by atoms with Crippen molar-refractivity contribution in [3.05, 3.63) is 53.5 Å². The molecule has 104 valence electrons. The number of aromatic amines is 1. The van der Waals surface area contributed by atoms with Crippen LogP contribution in [0.25, 0.3) is 11.2 Å². The van der Waals surface area contributed by atoms with Crippen molar-refractivity contribution in [2.75, 3.05) is 0 Å². The monoisotopic (exact) mass is 281 g/mol. The number of hydrogen-bond donors (Lipinski definition) is 2. The summed E-state index contributed by atoms with van der Waals surface area (Å²) < 4.78 is 5.85. The SMILES string of the molecule is O=C(O)c1ccnc2nc(C3Cc4ccccc4O3)[nH]c12. The maximum atomic E-state index is 11.2. The maximum Gasteiger partial charge on any atom is 0.338 e. The van der Waals surface area contributed by atoms with Crippen LogP contribution >= 0.6 is 0 Å². The number of fused-ring (bicyclic) bond motifs is 2. The third-order valence-corrected chi connectivity index (χ3v) is 3.59. The molecule has 1 aliphatic heterocycles. The van der Waals surface area contributed by atoms with Gasteiger partial charge in [-0.25, -0.2) is 14.8 Å². The fourth-order valence-corrected chi connectivity index (χ4v) is 2.59. The van der Waals surface area contributed by atoms with Gasteiger partial charge < -0.3 is 14.8 Å². The zero-order chi connectivity index (χ0) is 14.4. The minimum atomic E-state index is -1.01. The van der Waals surface area contributed by atoms with Gasteiger partial charge in [0.2, 0.25) is 0 Å². The molecule has 0 fully saturated rings. The van der Waals surface area contributed by atoms with Gasteiger partial charge in [-0.2, -0.15) is 0 Å². The average Bonchev–Trinajstić information content (AvgIpc) is 3.09. The summed E-state index contributed by atoms with van der Waals surface area (Å²) in [5.41, 5.74) is 2.10. The number of rotatable bonds is 2. The minimum absolute atomic E-state index is 0.161. The van der Waals surface area contributed by atoms with Crippen LogP contribution in [0.4, 0.5) is 0 Å². The van der Waals surface area contributed by atoms with Crippen molar-refractivity contribution in [1.82, 2.24) is 15.0 Å². The summed E-state index contributed by atoms with van der Waals surface area (Å²) in [5.74, 6) is 0.435. The maximum absolute atomic E-state index is 11.2. The molecule has 6 heteroatoms. The summed E-state index contributed by atoms with van der Waals surface area (Å²) in [6.07, 6.45) is 1.91. The summed E-state index contributed by atoms with van der Waals surface area (Å²) >= 11 is 0. The van der Waals surface area contributed by atoms with E-state index in [1.165, 1.54) is 12.3 Å². The number of aromatic carboxylic acids is 1. The molecule has 2 N–H and O–H groups in total. The second-order valence-corrected chi connectivity index (χ2v) is 4.90. The molecule has 4 rings (SSSR count). The molecule has 0 saturated heterocycles. The fraction of sp³-hybridized carbons (Fsp3) is 0.133. The minimum Gasteiger partial charge on any atom is -0.482 e. The smallest absolute Gasteiger partial charge is 0.338 e. The van der Waals surface area contributed by atoms with Crippen molar-refractivity contribution in [2.45, 2.75) is 12.5 Å². The van der Waals surface area contributed by atoms with Gasteiger partial charge >= 0.3 is 5.97 Å². The van der Waals surface area contributed by atoms with E-state index in [4.69, 9.17) is 4.74 Å². The molecule has 1 aliphatic rings. The van der Waals surface area contributed by atoms with Crippen LogP contribution in [0.3, 0.4) is 0 Å². The quantitative estimate of drug-likeness (QED) is 0.752. The number of ether oxygens (including phenoxy) is 1. The Labute approximate surface area is 119 Å². The summed E-state index contributed by atoms with van der Waals surface area (Å²) in [5, 5.41) is 9.19. The van der Waals surface area contributed by atoms with Gasteiger partial charge in [0.1, 0.15) is 5.75 Å². The zero-order valence-electron chi connectivity index (χ0n) is 10.9. The molecule has 21 heavy (non-hydrogen) atoms. The van der Waals surface area contributed by atoms with E-state index in [1.807, 2.05) is 24.3 Å². The van der Waals surface area contributed by atoms with E-state index >= 15 is 0 Å². The number of H-pyrrole nitrogens is 1. The summed E-state index contributed by atoms with van der Waals surface area (Å²) in [4.78, 5) is 22.7. The lowest BCUT2D eigenvalue weighted by Gasteiger charge is -2.06. The number of imidazole rings is 1. The number of carbonyl (C=O) groups is 1. The van der Waals surface area contributed by atoms with Gasteiger partial charge in [-0.1, -0.05) is 18.2 Å². The molecule has 0 aliphatic carbocycles. The van der Waals surface area contributed by atoms with Crippen LogP contribution in [0.15, 0.2) is 36.5 Å². The second-order valence-electron chi connectivity index (χ2n) is 4.90. The van der Waals surface area contributed by atoms with Gasteiger partial charge in [-0.15, -0.1) is 0 Å². The van der Waals surface area contributed by atoms with Crippen LogP contribution in [-0.4, -0.2) is 26.0 Å². The Hall–Kier alpha value is -2.89. The molecule has 0 amide bonds. The Balaban J connectivity index is 1.76. The molecule has 1 unspecified atom stereocenters. The number of nitrogens with one attached hydrogen (secondary N) is 1. The molecule has 0 radical (unpaired) electrons. The Morgan fingerprint density at radius 2 is 2.19 bits per heavy atom. The number of benzene rings is 1. The molecule has 0 saturated carbocycles. The van der Waals surface area contributed by atoms with Crippen molar-refractivity contribution < 1.29 is 14.6 Å². The van der Waals surface area contributed by atoms with Crippen LogP contribution in [0.1, 0.15) is 27.8 Å². The molecule has 2 aromatic heterocycles. The van der Waals surface area contributed by atoms with Crippen LogP contribution in [0.2, 0.25) is 0 Å². The first-order chi connectivity index (χ1) is 10.2. The van der Waals surface area contributed by atoms with Gasteiger partial charge in [0.05, 0.1) is 11.1 Å². The first kappa shape index (κ1) is 11.9. The summed E-state index contributed by atoms with van der Waals surface area (Å²) in [6.45, 7) is 0. The standard InChI is InChI=1S/C15H11N3O3/c19-15(20)9-5-6-16-14-12(9)17-13(18-14)11-7-8-3-1-2-4-10(8)21-11/h1-6,11H,7H2,(H,19,20)(H,16,17,18). The van der Waals surface area contributed by atoms with E-state index in [0.717, 1.165) is 11.3 Å². The largest absolute Gasteiger partial charge is 0.482 e. The van der Waals surface area contributed by atoms with E-state index in [-0.39, 0.29) is 11.7 Å². The molecule has 1 atom stereocenters. The highest BCUT2D eigenvalue weighted by atomic mass is 16.5. The van der Waals surface area contributed by atoms with Crippen LogP contribution in [0, 0.1) is 0 Å². The Kier molecular flexibility index (Phi) is 2.44. The predicted octanol–water partition coefficient (Wildman–Crippen LogP) is 2.33. The predicted molar refractivity (Wildman–Crippen MR) is 74.4 cm³/mol. The van der Waals surface area contributed by atoms with Gasteiger partial charge in [0.25, 0.3) is 0 Å². The third-order valence-electron chi connectivity index (χ3n) is 3.59. The van der Waals surface area contributed by atoms with Gasteiger partial charge in [0, 0.05) is 12.6 Å². The highest BCUT2D eigenvalue weighted by Gasteiger charge is 2.27. The first-order valence-corrected chi connectivity index (χ1v) is 6.55. The molecule has 3 heterocycles. The molecule has 6 nitrogen and oxygen atoms in total. The molecule has 3 aromatic rings. The average molecular weight is 281 g/mol. The van der Waals surface area contributed by atoms with Crippen LogP contribution in [0.5, 0.6) is 5.75 Å². The van der Waals surface area contributed by atoms with Crippen molar-refractivity contribution in [3.63, 3.8) is 0 Å². The lowest BCUT2D eigenvalue weighted by Crippen LogP contribution is -2.05. The van der Waals surface area contributed by atoms with Crippen LogP contribution in [-0.2, 0) is 6.42 Å². The molecule has 1 aromatic carbocycles. The highest BCUT2D eigenvalue weighted by molar-refractivity contribution is 5.99. The number of carboxylic acids is 1. The molecular weight excluding hydrogens is 270 g/mol. The number of para-hydroxylation sites is 1. The molecular formula is C15H11N3O3. The Morgan fingerprint density at radius 3 is 3.00 bits per heavy atom. The van der Waals surface area contributed by atoms with Crippen molar-refractivity contribution >= 4 is 17.1 Å². The summed E-state index contributed by atoms with van der Waals surface area (Å²) in [6, 6.07) is 9.27. The Morgan fingerprint density at radius 1 is 1.33 bits per heavy atom. The fourth-order valence-electron chi connectivity index (χ4n) is 2.59. The second kappa shape index (κ2) is 4.31. The lowest BCUT2D eigenvalue weighted by molar-refractivity contribution is 0.0698. The van der Waals surface area contributed by atoms with Gasteiger partial charge in [0.15, 0.2) is 17.6 Å². The Bertz CT molecular complexity index is 831. The van der Waals surface area contributed by atoms with E-state index in [1.54, 1.807) is 0 Å². The van der Waals surface area contributed by atoms with E-state index in [2.05, 4.69) is 15.0 Å². The normalized spacial score (nSPS) is 16.7. The highest BCUT2D eigenvalue weighted by Crippen LogP contribution is 2.35. The van der Waals surface area contributed by atoms with E-state index in [9.17, 15) is 9.90 Å². The molecule has 0 bridgehead atoms.